The van der Waals surface area contributed by atoms with Crippen molar-refractivity contribution in [3.63, 3.8) is 0 Å². The van der Waals surface area contributed by atoms with E-state index >= 15 is 0 Å². The molecule has 1 aromatic carbocycles. The summed E-state index contributed by atoms with van der Waals surface area (Å²) in [5.74, 6) is 1.93. The molecule has 6 nitrogen and oxygen atoms in total. The van der Waals surface area contributed by atoms with E-state index in [4.69, 9.17) is 14.5 Å². The first-order valence-corrected chi connectivity index (χ1v) is 9.82. The van der Waals surface area contributed by atoms with Gasteiger partial charge >= 0.3 is 0 Å². The molecule has 27 heavy (non-hydrogen) atoms. The number of nitrogens with one attached hydrogen (secondary N) is 1. The van der Waals surface area contributed by atoms with Crippen LogP contribution in [-0.2, 0) is 11.3 Å². The van der Waals surface area contributed by atoms with Gasteiger partial charge in [0.25, 0.3) is 0 Å². The van der Waals surface area contributed by atoms with Crippen molar-refractivity contribution in [1.29, 1.82) is 0 Å². The van der Waals surface area contributed by atoms with Gasteiger partial charge in [0.1, 0.15) is 11.6 Å². The lowest BCUT2D eigenvalue weighted by atomic mass is 10.1. The molecule has 0 bridgehead atoms. The van der Waals surface area contributed by atoms with E-state index in [0.717, 1.165) is 61.7 Å². The van der Waals surface area contributed by atoms with Gasteiger partial charge < -0.3 is 24.6 Å². The Morgan fingerprint density at radius 2 is 1.93 bits per heavy atom. The number of fused-ring (bicyclic) bond motifs is 1. The number of benzene rings is 1. The van der Waals surface area contributed by atoms with E-state index < -0.39 is 0 Å². The van der Waals surface area contributed by atoms with Crippen LogP contribution >= 0.6 is 0 Å². The lowest BCUT2D eigenvalue weighted by Crippen LogP contribution is -2.47. The topological polar surface area (TPSA) is 49.9 Å². The molecule has 1 atom stereocenters. The number of methoxy groups -OCH3 is 2. The fourth-order valence-electron chi connectivity index (χ4n) is 3.58. The summed E-state index contributed by atoms with van der Waals surface area (Å²) >= 11 is 0. The van der Waals surface area contributed by atoms with E-state index in [9.17, 15) is 0 Å². The number of rotatable bonds is 8. The minimum atomic E-state index is 0.298. The van der Waals surface area contributed by atoms with Crippen LogP contribution in [0.3, 0.4) is 0 Å². The van der Waals surface area contributed by atoms with Crippen molar-refractivity contribution in [2.45, 2.75) is 26.4 Å². The third-order valence-corrected chi connectivity index (χ3v) is 5.26. The molecule has 1 aliphatic rings. The van der Waals surface area contributed by atoms with Crippen LogP contribution in [0.5, 0.6) is 5.75 Å². The van der Waals surface area contributed by atoms with Gasteiger partial charge in [0, 0.05) is 62.9 Å². The zero-order chi connectivity index (χ0) is 19.2. The van der Waals surface area contributed by atoms with Gasteiger partial charge in [0.2, 0.25) is 0 Å². The highest BCUT2D eigenvalue weighted by atomic mass is 16.5. The van der Waals surface area contributed by atoms with Gasteiger partial charge in [0.05, 0.1) is 19.2 Å². The smallest absolute Gasteiger partial charge is 0.133 e. The van der Waals surface area contributed by atoms with Crippen LogP contribution < -0.4 is 15.0 Å². The Morgan fingerprint density at radius 1 is 1.15 bits per heavy atom. The van der Waals surface area contributed by atoms with E-state index in [2.05, 4.69) is 41.1 Å². The molecule has 1 saturated heterocycles. The van der Waals surface area contributed by atoms with Crippen molar-refractivity contribution < 1.29 is 9.47 Å². The molecule has 148 valence electrons. The quantitative estimate of drug-likeness (QED) is 0.768. The number of anilines is 1. The Labute approximate surface area is 162 Å². The van der Waals surface area contributed by atoms with Gasteiger partial charge in [-0.2, -0.15) is 0 Å². The van der Waals surface area contributed by atoms with Gasteiger partial charge in [-0.15, -0.1) is 0 Å². The highest BCUT2D eigenvalue weighted by molar-refractivity contribution is 5.83. The molecule has 1 aliphatic heterocycles. The Kier molecular flexibility index (Phi) is 6.88. The van der Waals surface area contributed by atoms with Gasteiger partial charge in [0.15, 0.2) is 0 Å². The summed E-state index contributed by atoms with van der Waals surface area (Å²) in [4.78, 5) is 9.94. The second kappa shape index (κ2) is 9.35. The van der Waals surface area contributed by atoms with E-state index in [1.807, 2.05) is 12.1 Å². The maximum Gasteiger partial charge on any atom is 0.133 e. The molecule has 0 amide bonds. The molecule has 1 unspecified atom stereocenters. The molecule has 2 heterocycles. The predicted molar refractivity (Wildman–Crippen MR) is 111 cm³/mol. The Hall–Kier alpha value is -1.89. The second-order valence-electron chi connectivity index (χ2n) is 7.19. The highest BCUT2D eigenvalue weighted by Gasteiger charge is 2.20. The number of pyridine rings is 1. The van der Waals surface area contributed by atoms with Crippen LogP contribution in [0.25, 0.3) is 10.9 Å². The number of ether oxygens (including phenoxy) is 2. The molecule has 0 spiro atoms. The summed E-state index contributed by atoms with van der Waals surface area (Å²) in [6.45, 7) is 11.1. The molecule has 0 aliphatic carbocycles. The molecule has 3 rings (SSSR count). The lowest BCUT2D eigenvalue weighted by molar-refractivity contribution is 0.171. The molecule has 1 aromatic heterocycles. The van der Waals surface area contributed by atoms with Gasteiger partial charge in [-0.05, 0) is 31.7 Å². The normalized spacial score (nSPS) is 16.7. The van der Waals surface area contributed by atoms with Crippen LogP contribution in [0.1, 0.15) is 19.4 Å². The van der Waals surface area contributed by atoms with Gasteiger partial charge in [-0.3, -0.25) is 0 Å². The van der Waals surface area contributed by atoms with Crippen molar-refractivity contribution >= 4 is 16.7 Å². The fourth-order valence-corrected chi connectivity index (χ4v) is 3.58. The lowest BCUT2D eigenvalue weighted by Gasteiger charge is -2.36. The first-order valence-electron chi connectivity index (χ1n) is 9.82. The summed E-state index contributed by atoms with van der Waals surface area (Å²) in [7, 11) is 3.43. The standard InChI is InChI=1S/C21H32N4O2/c1-5-24-8-10-25(11-9-24)21-18(14-22-16(2)15-26-3)12-17-6-7-19(27-4)13-20(17)23-21/h6-7,12-13,16,22H,5,8-11,14-15H2,1-4H3. The number of hydrogen-bond acceptors (Lipinski definition) is 6. The van der Waals surface area contributed by atoms with Crippen LogP contribution in [0.4, 0.5) is 5.82 Å². The Bertz CT molecular complexity index is 744. The minimum Gasteiger partial charge on any atom is -0.497 e. The van der Waals surface area contributed by atoms with E-state index in [-0.39, 0.29) is 0 Å². The van der Waals surface area contributed by atoms with Crippen molar-refractivity contribution in [2.75, 3.05) is 58.5 Å². The molecule has 1 fully saturated rings. The molecule has 6 heteroatoms. The zero-order valence-corrected chi connectivity index (χ0v) is 17.0. The molecule has 0 radical (unpaired) electrons. The summed E-state index contributed by atoms with van der Waals surface area (Å²) in [5.41, 5.74) is 2.22. The average molecular weight is 373 g/mol. The maximum atomic E-state index is 5.39. The van der Waals surface area contributed by atoms with Crippen molar-refractivity contribution in [3.05, 3.63) is 29.8 Å². The molecular weight excluding hydrogens is 340 g/mol. The van der Waals surface area contributed by atoms with Gasteiger partial charge in [-0.25, -0.2) is 4.98 Å². The SMILES string of the molecule is CCN1CCN(c2nc3cc(OC)ccc3cc2CNC(C)COC)CC1. The highest BCUT2D eigenvalue weighted by Crippen LogP contribution is 2.27. The van der Waals surface area contributed by atoms with Crippen LogP contribution in [0.2, 0.25) is 0 Å². The van der Waals surface area contributed by atoms with Crippen LogP contribution in [0.15, 0.2) is 24.3 Å². The fraction of sp³-hybridized carbons (Fsp3) is 0.571. The van der Waals surface area contributed by atoms with Crippen LogP contribution in [-0.4, -0.2) is 69.5 Å². The molecule has 1 N–H and O–H groups in total. The summed E-state index contributed by atoms with van der Waals surface area (Å²) in [6.07, 6.45) is 0. The molecular formula is C21H32N4O2. The summed E-state index contributed by atoms with van der Waals surface area (Å²) in [6, 6.07) is 8.66. The van der Waals surface area contributed by atoms with E-state index in [1.54, 1.807) is 14.2 Å². The maximum absolute atomic E-state index is 5.39. The van der Waals surface area contributed by atoms with Crippen LogP contribution in [0, 0.1) is 0 Å². The van der Waals surface area contributed by atoms with Crippen molar-refractivity contribution in [1.82, 2.24) is 15.2 Å². The predicted octanol–water partition coefficient (Wildman–Crippen LogP) is 2.51. The summed E-state index contributed by atoms with van der Waals surface area (Å²) < 4.78 is 10.6. The van der Waals surface area contributed by atoms with E-state index in [1.165, 1.54) is 5.56 Å². The minimum absolute atomic E-state index is 0.298. The molecule has 2 aromatic rings. The Balaban J connectivity index is 1.90. The first kappa shape index (κ1) is 19.9. The Morgan fingerprint density at radius 3 is 2.59 bits per heavy atom. The van der Waals surface area contributed by atoms with E-state index in [0.29, 0.717) is 12.6 Å². The summed E-state index contributed by atoms with van der Waals surface area (Å²) in [5, 5.41) is 4.70. The van der Waals surface area contributed by atoms with Gasteiger partial charge in [-0.1, -0.05) is 6.92 Å². The van der Waals surface area contributed by atoms with Crippen molar-refractivity contribution in [2.24, 2.45) is 0 Å². The number of aromatic nitrogens is 1. The number of hydrogen-bond donors (Lipinski definition) is 1. The number of piperazine rings is 1. The number of likely N-dealkylation sites (N-methyl/N-ethyl adjacent to an activating group) is 1. The average Bonchev–Trinajstić information content (AvgIpc) is 2.71. The number of nitrogens with zero attached hydrogens (tertiary/aromatic N) is 3. The third kappa shape index (κ3) is 4.89. The largest absolute Gasteiger partial charge is 0.497 e. The molecule has 0 saturated carbocycles. The zero-order valence-electron chi connectivity index (χ0n) is 17.0. The third-order valence-electron chi connectivity index (χ3n) is 5.26. The monoisotopic (exact) mass is 372 g/mol. The second-order valence-corrected chi connectivity index (χ2v) is 7.19. The first-order chi connectivity index (χ1) is 13.1. The van der Waals surface area contributed by atoms with Crippen molar-refractivity contribution in [3.8, 4) is 5.75 Å².